The van der Waals surface area contributed by atoms with Gasteiger partial charge in [-0.3, -0.25) is 0 Å². The third-order valence-electron chi connectivity index (χ3n) is 2.17. The molecular formula is C11H20N4. The molecule has 0 spiro atoms. The minimum absolute atomic E-state index is 0.237. The summed E-state index contributed by atoms with van der Waals surface area (Å²) in [5.74, 6) is 1.47. The quantitative estimate of drug-likeness (QED) is 0.806. The number of nitrogens with two attached hydrogens (primary N) is 1. The lowest BCUT2D eigenvalue weighted by Gasteiger charge is -2.28. The predicted octanol–water partition coefficient (Wildman–Crippen LogP) is 1.85. The molecule has 0 unspecified atom stereocenters. The number of nitrogens with zero attached hydrogens (tertiary/aromatic N) is 3. The molecule has 0 aliphatic heterocycles. The zero-order valence-electron chi connectivity index (χ0n) is 10.2. The van der Waals surface area contributed by atoms with Crippen molar-refractivity contribution in [3.8, 4) is 0 Å². The smallest absolute Gasteiger partial charge is 0.136 e. The van der Waals surface area contributed by atoms with Gasteiger partial charge in [0.15, 0.2) is 0 Å². The molecule has 1 aromatic heterocycles. The highest BCUT2D eigenvalue weighted by Crippen LogP contribution is 2.22. The van der Waals surface area contributed by atoms with E-state index in [1.54, 1.807) is 0 Å². The molecule has 0 atom stereocenters. The van der Waals surface area contributed by atoms with Gasteiger partial charge < -0.3 is 10.6 Å². The molecule has 4 heteroatoms. The van der Waals surface area contributed by atoms with E-state index < -0.39 is 0 Å². The molecule has 84 valence electrons. The number of anilines is 2. The van der Waals surface area contributed by atoms with Crippen LogP contribution in [0.25, 0.3) is 0 Å². The van der Waals surface area contributed by atoms with Gasteiger partial charge in [0.05, 0.1) is 0 Å². The maximum absolute atomic E-state index is 5.74. The van der Waals surface area contributed by atoms with Gasteiger partial charge in [-0.1, -0.05) is 20.8 Å². The van der Waals surface area contributed by atoms with Crippen LogP contribution in [0.3, 0.4) is 0 Å². The van der Waals surface area contributed by atoms with Gasteiger partial charge in [0, 0.05) is 19.2 Å². The Labute approximate surface area is 91.5 Å². The van der Waals surface area contributed by atoms with Crippen molar-refractivity contribution in [2.45, 2.75) is 27.7 Å². The molecule has 0 amide bonds. The van der Waals surface area contributed by atoms with E-state index in [1.165, 1.54) is 6.33 Å². The van der Waals surface area contributed by atoms with Crippen LogP contribution in [0.2, 0.25) is 0 Å². The molecule has 4 nitrogen and oxygen atoms in total. The van der Waals surface area contributed by atoms with E-state index in [2.05, 4.69) is 35.6 Å². The van der Waals surface area contributed by atoms with Crippen molar-refractivity contribution in [3.05, 3.63) is 11.9 Å². The summed E-state index contributed by atoms with van der Waals surface area (Å²) in [6, 6.07) is 0. The first-order valence-corrected chi connectivity index (χ1v) is 5.09. The Morgan fingerprint density at radius 3 is 2.47 bits per heavy atom. The summed E-state index contributed by atoms with van der Waals surface area (Å²) < 4.78 is 0. The van der Waals surface area contributed by atoms with Crippen LogP contribution >= 0.6 is 0 Å². The lowest BCUT2D eigenvalue weighted by molar-refractivity contribution is 0.417. The van der Waals surface area contributed by atoms with Crippen LogP contribution in [0.1, 0.15) is 26.3 Å². The van der Waals surface area contributed by atoms with Gasteiger partial charge in [-0.15, -0.1) is 0 Å². The molecule has 0 radical (unpaired) electrons. The Kier molecular flexibility index (Phi) is 3.17. The number of rotatable bonds is 2. The fourth-order valence-electron chi connectivity index (χ4n) is 1.63. The third-order valence-corrected chi connectivity index (χ3v) is 2.17. The first-order chi connectivity index (χ1) is 6.81. The molecular weight excluding hydrogens is 188 g/mol. The fraction of sp³-hybridized carbons (Fsp3) is 0.636. The number of hydrogen-bond donors (Lipinski definition) is 1. The van der Waals surface area contributed by atoms with E-state index in [9.17, 15) is 0 Å². The number of nitrogen functional groups attached to an aromatic ring is 1. The Bertz CT molecular complexity index is 341. The molecule has 0 aromatic carbocycles. The van der Waals surface area contributed by atoms with Crippen molar-refractivity contribution in [1.29, 1.82) is 0 Å². The number of aromatic nitrogens is 2. The van der Waals surface area contributed by atoms with E-state index in [-0.39, 0.29) is 5.41 Å². The average Bonchev–Trinajstić information content (AvgIpc) is 2.06. The van der Waals surface area contributed by atoms with Crippen LogP contribution in [0.15, 0.2) is 6.33 Å². The first kappa shape index (κ1) is 11.8. The van der Waals surface area contributed by atoms with E-state index in [0.717, 1.165) is 17.9 Å². The summed E-state index contributed by atoms with van der Waals surface area (Å²) in [5, 5.41) is 0. The summed E-state index contributed by atoms with van der Waals surface area (Å²) in [4.78, 5) is 10.3. The summed E-state index contributed by atoms with van der Waals surface area (Å²) in [5.41, 5.74) is 6.93. The molecule has 2 N–H and O–H groups in total. The van der Waals surface area contributed by atoms with E-state index >= 15 is 0 Å². The van der Waals surface area contributed by atoms with Crippen LogP contribution < -0.4 is 10.6 Å². The molecule has 0 aliphatic rings. The fourth-order valence-corrected chi connectivity index (χ4v) is 1.63. The third kappa shape index (κ3) is 3.08. The van der Waals surface area contributed by atoms with Crippen molar-refractivity contribution in [2.24, 2.45) is 5.41 Å². The van der Waals surface area contributed by atoms with Gasteiger partial charge in [-0.2, -0.15) is 0 Å². The molecule has 15 heavy (non-hydrogen) atoms. The largest absolute Gasteiger partial charge is 0.383 e. The summed E-state index contributed by atoms with van der Waals surface area (Å²) in [6.45, 7) is 9.48. The predicted molar refractivity (Wildman–Crippen MR) is 63.9 cm³/mol. The second-order valence-electron chi connectivity index (χ2n) is 5.12. The van der Waals surface area contributed by atoms with Crippen molar-refractivity contribution < 1.29 is 0 Å². The van der Waals surface area contributed by atoms with Crippen LogP contribution in [-0.2, 0) is 0 Å². The molecule has 1 aromatic rings. The maximum Gasteiger partial charge on any atom is 0.136 e. The van der Waals surface area contributed by atoms with Gasteiger partial charge in [-0.05, 0) is 12.3 Å². The molecule has 0 fully saturated rings. The maximum atomic E-state index is 5.74. The highest BCUT2D eigenvalue weighted by atomic mass is 15.2. The van der Waals surface area contributed by atoms with Crippen LogP contribution in [0.4, 0.5) is 11.6 Å². The lowest BCUT2D eigenvalue weighted by atomic mass is 9.96. The van der Waals surface area contributed by atoms with Gasteiger partial charge in [0.2, 0.25) is 0 Å². The minimum Gasteiger partial charge on any atom is -0.383 e. The highest BCUT2D eigenvalue weighted by Gasteiger charge is 2.16. The monoisotopic (exact) mass is 208 g/mol. The Morgan fingerprint density at radius 2 is 1.93 bits per heavy atom. The summed E-state index contributed by atoms with van der Waals surface area (Å²) >= 11 is 0. The van der Waals surface area contributed by atoms with Gasteiger partial charge >= 0.3 is 0 Å². The Balaban J connectivity index is 2.92. The zero-order valence-corrected chi connectivity index (χ0v) is 10.2. The second kappa shape index (κ2) is 4.04. The number of hydrogen-bond acceptors (Lipinski definition) is 4. The van der Waals surface area contributed by atoms with Gasteiger partial charge in [0.25, 0.3) is 0 Å². The minimum atomic E-state index is 0.237. The van der Waals surface area contributed by atoms with Crippen molar-refractivity contribution in [3.63, 3.8) is 0 Å². The SMILES string of the molecule is Cc1c(N)ncnc1N(C)CC(C)(C)C. The topological polar surface area (TPSA) is 55.0 Å². The molecule has 0 aliphatic carbocycles. The van der Waals surface area contributed by atoms with E-state index in [1.807, 2.05) is 14.0 Å². The van der Waals surface area contributed by atoms with Crippen molar-refractivity contribution in [2.75, 3.05) is 24.2 Å². The Morgan fingerprint density at radius 1 is 1.33 bits per heavy atom. The molecule has 0 bridgehead atoms. The zero-order chi connectivity index (χ0) is 11.6. The van der Waals surface area contributed by atoms with Crippen molar-refractivity contribution >= 4 is 11.6 Å². The standard InChI is InChI=1S/C11H20N4/c1-8-9(12)13-7-14-10(8)15(5)6-11(2,3)4/h7H,6H2,1-5H3,(H2,12,13,14). The lowest BCUT2D eigenvalue weighted by Crippen LogP contribution is -2.30. The molecule has 0 saturated heterocycles. The van der Waals surface area contributed by atoms with Crippen LogP contribution in [0, 0.1) is 12.3 Å². The highest BCUT2D eigenvalue weighted by molar-refractivity contribution is 5.55. The molecule has 1 rings (SSSR count). The summed E-state index contributed by atoms with van der Waals surface area (Å²) in [6.07, 6.45) is 1.51. The first-order valence-electron chi connectivity index (χ1n) is 5.09. The van der Waals surface area contributed by atoms with E-state index in [0.29, 0.717) is 5.82 Å². The summed E-state index contributed by atoms with van der Waals surface area (Å²) in [7, 11) is 2.03. The van der Waals surface area contributed by atoms with E-state index in [4.69, 9.17) is 5.73 Å². The second-order valence-corrected chi connectivity index (χ2v) is 5.12. The Hall–Kier alpha value is -1.32. The van der Waals surface area contributed by atoms with Crippen LogP contribution in [-0.4, -0.2) is 23.6 Å². The normalized spacial score (nSPS) is 11.5. The average molecular weight is 208 g/mol. The van der Waals surface area contributed by atoms with Gasteiger partial charge in [-0.25, -0.2) is 9.97 Å². The van der Waals surface area contributed by atoms with Crippen LogP contribution in [0.5, 0.6) is 0 Å². The van der Waals surface area contributed by atoms with Crippen molar-refractivity contribution in [1.82, 2.24) is 9.97 Å². The molecule has 0 saturated carbocycles. The van der Waals surface area contributed by atoms with Gasteiger partial charge in [0.1, 0.15) is 18.0 Å². The molecule has 1 heterocycles.